The number of aliphatic imine (C=N–C) groups is 1. The molecule has 11 heteroatoms. The number of fused-ring (bicyclic) bond motifs is 3. The fourth-order valence-corrected chi connectivity index (χ4v) is 5.84. The Morgan fingerprint density at radius 1 is 1.05 bits per heavy atom. The van der Waals surface area contributed by atoms with Crippen LogP contribution in [-0.4, -0.2) is 43.4 Å². The third kappa shape index (κ3) is 4.79. The van der Waals surface area contributed by atoms with Crippen LogP contribution in [0.1, 0.15) is 63.5 Å². The van der Waals surface area contributed by atoms with Gasteiger partial charge in [0.2, 0.25) is 0 Å². The van der Waals surface area contributed by atoms with Crippen molar-refractivity contribution in [2.24, 2.45) is 10.9 Å². The van der Waals surface area contributed by atoms with E-state index in [-0.39, 0.29) is 11.3 Å². The number of aliphatic carboxylic acids is 1. The molecule has 0 radical (unpaired) electrons. The van der Waals surface area contributed by atoms with Crippen LogP contribution in [0.4, 0.5) is 5.69 Å². The van der Waals surface area contributed by atoms with Crippen molar-refractivity contribution in [3.63, 3.8) is 0 Å². The number of nitrogens with zero attached hydrogens (tertiary/aromatic N) is 4. The summed E-state index contributed by atoms with van der Waals surface area (Å²) in [6, 6.07) is 12.9. The van der Waals surface area contributed by atoms with Crippen molar-refractivity contribution in [1.29, 1.82) is 0 Å². The molecule has 2 aromatic heterocycles. The number of aromatic nitrogens is 3. The molecule has 3 heterocycles. The van der Waals surface area contributed by atoms with Gasteiger partial charge in [-0.25, -0.2) is 0 Å². The topological polar surface area (TPSA) is 136 Å². The van der Waals surface area contributed by atoms with Gasteiger partial charge in [0, 0.05) is 28.6 Å². The van der Waals surface area contributed by atoms with Gasteiger partial charge >= 0.3 is 11.9 Å². The molecular formula is C29H27N5O5S. The van der Waals surface area contributed by atoms with Crippen LogP contribution in [0, 0.1) is 26.7 Å². The minimum absolute atomic E-state index is 0.175. The summed E-state index contributed by atoms with van der Waals surface area (Å²) in [5, 5.41) is 22.2. The number of benzene rings is 2. The van der Waals surface area contributed by atoms with E-state index in [0.717, 1.165) is 26.6 Å². The monoisotopic (exact) mass is 557 g/mol. The Morgan fingerprint density at radius 3 is 2.42 bits per heavy atom. The number of aryl methyl sites for hydroxylation is 2. The first-order valence-electron chi connectivity index (χ1n) is 12.6. The Bertz CT molecular complexity index is 1690. The number of amides is 1. The Hall–Kier alpha value is -4.64. The van der Waals surface area contributed by atoms with Gasteiger partial charge in [-0.15, -0.1) is 21.5 Å². The van der Waals surface area contributed by atoms with Crippen molar-refractivity contribution >= 4 is 40.6 Å². The normalized spacial score (nSPS) is 14.8. The molecule has 0 fully saturated rings. The van der Waals surface area contributed by atoms with Gasteiger partial charge in [0.1, 0.15) is 22.6 Å². The molecule has 2 atom stereocenters. The third-order valence-electron chi connectivity index (χ3n) is 6.85. The number of hydrogen-bond donors (Lipinski definition) is 2. The van der Waals surface area contributed by atoms with Crippen molar-refractivity contribution in [3.05, 3.63) is 87.3 Å². The van der Waals surface area contributed by atoms with Crippen molar-refractivity contribution < 1.29 is 24.2 Å². The van der Waals surface area contributed by atoms with Gasteiger partial charge in [-0.3, -0.25) is 23.9 Å². The molecule has 1 aliphatic rings. The second-order valence-electron chi connectivity index (χ2n) is 9.57. The Morgan fingerprint density at radius 2 is 1.75 bits per heavy atom. The number of rotatable bonds is 6. The predicted molar refractivity (Wildman–Crippen MR) is 151 cm³/mol. The number of carbonyl (C=O) groups is 3. The molecular weight excluding hydrogens is 530 g/mol. The molecule has 2 N–H and O–H groups in total. The first-order valence-corrected chi connectivity index (χ1v) is 13.4. The fraction of sp³-hybridized carbons (Fsp3) is 0.241. The second-order valence-corrected chi connectivity index (χ2v) is 10.8. The molecule has 40 heavy (non-hydrogen) atoms. The van der Waals surface area contributed by atoms with Gasteiger partial charge in [-0.1, -0.05) is 24.3 Å². The number of carbonyl (C=O) groups excluding carboxylic acids is 2. The third-order valence-corrected chi connectivity index (χ3v) is 8.05. The average Bonchev–Trinajstić information content (AvgIpc) is 3.38. The zero-order valence-electron chi connectivity index (χ0n) is 22.6. The zero-order chi connectivity index (χ0) is 28.7. The highest BCUT2D eigenvalue weighted by Crippen LogP contribution is 2.40. The first kappa shape index (κ1) is 26.9. The highest BCUT2D eigenvalue weighted by Gasteiger charge is 2.36. The number of esters is 1. The van der Waals surface area contributed by atoms with E-state index >= 15 is 0 Å². The van der Waals surface area contributed by atoms with Crippen molar-refractivity contribution in [2.45, 2.75) is 40.7 Å². The molecule has 204 valence electrons. The molecule has 1 unspecified atom stereocenters. The van der Waals surface area contributed by atoms with E-state index in [4.69, 9.17) is 9.73 Å². The smallest absolute Gasteiger partial charge is 0.308 e. The quantitative estimate of drug-likeness (QED) is 0.250. The van der Waals surface area contributed by atoms with Crippen LogP contribution in [-0.2, 0) is 9.59 Å². The molecule has 0 saturated heterocycles. The number of thiophene rings is 1. The largest absolute Gasteiger partial charge is 0.481 e. The number of nitrogens with one attached hydrogen (secondary N) is 1. The van der Waals surface area contributed by atoms with Crippen molar-refractivity contribution in [3.8, 4) is 10.8 Å². The lowest BCUT2D eigenvalue weighted by Crippen LogP contribution is -2.21. The summed E-state index contributed by atoms with van der Waals surface area (Å²) in [6.45, 7) is 8.80. The van der Waals surface area contributed by atoms with Crippen LogP contribution in [0.3, 0.4) is 0 Å². The SMILES string of the molecule is CC(=O)Oc1ccccc1C(=O)Nc1ccc(C2=NC([C@H](C)C(=O)O)c3nnc(C)n3-c3sc(C)c(C)c32)cc1. The lowest BCUT2D eigenvalue weighted by atomic mass is 9.98. The Kier molecular flexibility index (Phi) is 7.07. The van der Waals surface area contributed by atoms with E-state index < -0.39 is 29.8 Å². The van der Waals surface area contributed by atoms with E-state index in [1.54, 1.807) is 54.7 Å². The lowest BCUT2D eigenvalue weighted by molar-refractivity contribution is -0.142. The van der Waals surface area contributed by atoms with Gasteiger partial charge in [0.15, 0.2) is 5.82 Å². The number of ether oxygens (including phenoxy) is 1. The van der Waals surface area contributed by atoms with E-state index in [1.165, 1.54) is 6.92 Å². The maximum Gasteiger partial charge on any atom is 0.308 e. The average molecular weight is 558 g/mol. The maximum atomic E-state index is 13.0. The predicted octanol–water partition coefficient (Wildman–Crippen LogP) is 5.04. The van der Waals surface area contributed by atoms with Gasteiger partial charge in [0.05, 0.1) is 17.2 Å². The van der Waals surface area contributed by atoms with Crippen LogP contribution < -0.4 is 10.1 Å². The molecule has 2 aromatic carbocycles. The Balaban J connectivity index is 1.54. The molecule has 0 aliphatic carbocycles. The molecule has 0 spiro atoms. The van der Waals surface area contributed by atoms with Crippen LogP contribution in [0.15, 0.2) is 53.5 Å². The number of carboxylic acids is 1. The summed E-state index contributed by atoms with van der Waals surface area (Å²) in [7, 11) is 0. The lowest BCUT2D eigenvalue weighted by Gasteiger charge is -2.16. The van der Waals surface area contributed by atoms with E-state index in [0.29, 0.717) is 23.0 Å². The molecule has 10 nitrogen and oxygen atoms in total. The number of para-hydroxylation sites is 1. The van der Waals surface area contributed by atoms with Crippen LogP contribution in [0.2, 0.25) is 0 Å². The van der Waals surface area contributed by atoms with Crippen molar-refractivity contribution in [1.82, 2.24) is 14.8 Å². The van der Waals surface area contributed by atoms with Crippen LogP contribution in [0.5, 0.6) is 5.75 Å². The summed E-state index contributed by atoms with van der Waals surface area (Å²) in [5.41, 5.74) is 4.12. The highest BCUT2D eigenvalue weighted by atomic mass is 32.1. The van der Waals surface area contributed by atoms with Crippen LogP contribution >= 0.6 is 11.3 Å². The fourth-order valence-electron chi connectivity index (χ4n) is 4.63. The summed E-state index contributed by atoms with van der Waals surface area (Å²) in [4.78, 5) is 42.6. The minimum atomic E-state index is -0.981. The highest BCUT2D eigenvalue weighted by molar-refractivity contribution is 7.15. The summed E-state index contributed by atoms with van der Waals surface area (Å²) >= 11 is 1.59. The summed E-state index contributed by atoms with van der Waals surface area (Å²) in [6.07, 6.45) is 0. The zero-order valence-corrected chi connectivity index (χ0v) is 23.4. The van der Waals surface area contributed by atoms with E-state index in [2.05, 4.69) is 15.5 Å². The van der Waals surface area contributed by atoms with Gasteiger partial charge in [-0.05, 0) is 57.5 Å². The van der Waals surface area contributed by atoms with Crippen molar-refractivity contribution in [2.75, 3.05) is 5.32 Å². The molecule has 5 rings (SSSR count). The molecule has 0 bridgehead atoms. The molecule has 0 saturated carbocycles. The number of anilines is 1. The van der Waals surface area contributed by atoms with Crippen LogP contribution in [0.25, 0.3) is 5.00 Å². The maximum absolute atomic E-state index is 13.0. The van der Waals surface area contributed by atoms with E-state index in [1.807, 2.05) is 37.5 Å². The van der Waals surface area contributed by atoms with Gasteiger partial charge in [0.25, 0.3) is 5.91 Å². The van der Waals surface area contributed by atoms with Gasteiger partial charge < -0.3 is 15.2 Å². The molecule has 4 aromatic rings. The van der Waals surface area contributed by atoms with Gasteiger partial charge in [-0.2, -0.15) is 0 Å². The van der Waals surface area contributed by atoms with E-state index in [9.17, 15) is 19.5 Å². The number of carboxylic acid groups (broad SMARTS) is 1. The number of hydrogen-bond acceptors (Lipinski definition) is 8. The molecule has 1 aliphatic heterocycles. The molecule has 1 amide bonds. The Labute approximate surface area is 234 Å². The summed E-state index contributed by atoms with van der Waals surface area (Å²) in [5.74, 6) is -1.45. The minimum Gasteiger partial charge on any atom is -0.481 e. The second kappa shape index (κ2) is 10.5. The first-order chi connectivity index (χ1) is 19.1. The standard InChI is InChI=1S/C29H27N5O5S/c1-14-16(3)40-28-23(14)25(31-24(15(2)29(37)38)26-33-32-17(4)34(26)28)19-10-12-20(13-11-19)30-27(36)21-8-6-7-9-22(21)39-18(5)35/h6-13,15,24H,1-5H3,(H,30,36)(H,37,38)/t15-,24?/m0/s1. The summed E-state index contributed by atoms with van der Waals surface area (Å²) < 4.78 is 7.08.